The molecule has 1 heterocycles. The number of aromatic nitrogens is 3. The zero-order valence-electron chi connectivity index (χ0n) is 10.4. The highest BCUT2D eigenvalue weighted by molar-refractivity contribution is 5.68. The van der Waals surface area contributed by atoms with Crippen LogP contribution < -0.4 is 5.73 Å². The fraction of sp³-hybridized carbons (Fsp3) is 0.700. The van der Waals surface area contributed by atoms with Gasteiger partial charge in [0.05, 0.1) is 19.8 Å². The molecule has 0 spiro atoms. The lowest BCUT2D eigenvalue weighted by atomic mass is 10.5. The molecule has 0 atom stereocenters. The number of carbonyl (C=O) groups excluding carboxylic acids is 1. The van der Waals surface area contributed by atoms with E-state index in [0.717, 1.165) is 0 Å². The number of esters is 1. The van der Waals surface area contributed by atoms with Gasteiger partial charge >= 0.3 is 5.97 Å². The van der Waals surface area contributed by atoms with Crippen LogP contribution in [0.2, 0.25) is 0 Å². The number of rotatable bonds is 9. The van der Waals surface area contributed by atoms with Gasteiger partial charge in [-0.2, -0.15) is 0 Å². The second-order valence-electron chi connectivity index (χ2n) is 3.48. The number of nitrogens with zero attached hydrogens (tertiary/aromatic N) is 3. The molecule has 1 rings (SSSR count). The minimum Gasteiger partial charge on any atom is -0.464 e. The fourth-order valence-electron chi connectivity index (χ4n) is 1.15. The summed E-state index contributed by atoms with van der Waals surface area (Å²) in [4.78, 5) is 15.0. The van der Waals surface area contributed by atoms with Gasteiger partial charge in [-0.15, -0.1) is 5.10 Å². The third kappa shape index (κ3) is 6.16. The first-order valence-corrected chi connectivity index (χ1v) is 5.59. The molecule has 1 aromatic rings. The lowest BCUT2D eigenvalue weighted by Gasteiger charge is -2.05. The molecule has 8 heteroatoms. The number of nitrogen functional groups attached to an aromatic ring is 1. The average Bonchev–Trinajstić information content (AvgIpc) is 2.73. The molecule has 0 aliphatic heterocycles. The van der Waals surface area contributed by atoms with Crippen molar-refractivity contribution in [3.05, 3.63) is 6.33 Å². The lowest BCUT2D eigenvalue weighted by Crippen LogP contribution is -2.15. The van der Waals surface area contributed by atoms with E-state index >= 15 is 0 Å². The van der Waals surface area contributed by atoms with E-state index < -0.39 is 0 Å². The molecule has 0 aliphatic carbocycles. The van der Waals surface area contributed by atoms with E-state index in [4.69, 9.17) is 19.9 Å². The van der Waals surface area contributed by atoms with Crippen LogP contribution in [0, 0.1) is 0 Å². The van der Waals surface area contributed by atoms with Crippen LogP contribution >= 0.6 is 0 Å². The van der Waals surface area contributed by atoms with Crippen LogP contribution in [0.1, 0.15) is 6.42 Å². The molecule has 1 aromatic heterocycles. The van der Waals surface area contributed by atoms with E-state index in [1.165, 1.54) is 11.0 Å². The molecule has 0 saturated carbocycles. The van der Waals surface area contributed by atoms with Gasteiger partial charge < -0.3 is 19.9 Å². The van der Waals surface area contributed by atoms with Crippen LogP contribution in [-0.2, 0) is 25.5 Å². The molecule has 0 fully saturated rings. The zero-order valence-corrected chi connectivity index (χ0v) is 10.4. The second-order valence-corrected chi connectivity index (χ2v) is 3.48. The number of ether oxygens (including phenoxy) is 3. The smallest absolute Gasteiger partial charge is 0.327 e. The maximum Gasteiger partial charge on any atom is 0.327 e. The highest BCUT2D eigenvalue weighted by atomic mass is 16.5. The number of hydrogen-bond acceptors (Lipinski definition) is 7. The minimum atomic E-state index is -0.378. The summed E-state index contributed by atoms with van der Waals surface area (Å²) in [6.07, 6.45) is 2.03. The predicted octanol–water partition coefficient (Wildman–Crippen LogP) is -0.543. The van der Waals surface area contributed by atoms with Gasteiger partial charge in [0.1, 0.15) is 12.9 Å². The SMILES string of the molecule is COCCOCCCOC(=O)Cn1cnc(N)n1. The quantitative estimate of drug-likeness (QED) is 0.468. The van der Waals surface area contributed by atoms with Crippen molar-refractivity contribution in [1.82, 2.24) is 14.8 Å². The van der Waals surface area contributed by atoms with E-state index in [-0.39, 0.29) is 18.5 Å². The Morgan fingerprint density at radius 3 is 2.89 bits per heavy atom. The van der Waals surface area contributed by atoms with Gasteiger partial charge in [0, 0.05) is 20.1 Å². The Morgan fingerprint density at radius 2 is 2.22 bits per heavy atom. The Balaban J connectivity index is 2.00. The first-order chi connectivity index (χ1) is 8.72. The Bertz CT molecular complexity index is 355. The second kappa shape index (κ2) is 8.43. The number of anilines is 1. The normalized spacial score (nSPS) is 10.5. The highest BCUT2D eigenvalue weighted by Gasteiger charge is 2.05. The number of methoxy groups -OCH3 is 1. The molecule has 0 radical (unpaired) electrons. The Hall–Kier alpha value is -1.67. The van der Waals surface area contributed by atoms with Crippen molar-refractivity contribution >= 4 is 11.9 Å². The molecular weight excluding hydrogens is 240 g/mol. The summed E-state index contributed by atoms with van der Waals surface area (Å²) >= 11 is 0. The number of hydrogen-bond donors (Lipinski definition) is 1. The maximum absolute atomic E-state index is 11.3. The molecule has 0 aliphatic rings. The van der Waals surface area contributed by atoms with E-state index in [0.29, 0.717) is 32.8 Å². The summed E-state index contributed by atoms with van der Waals surface area (Å²) in [7, 11) is 1.61. The van der Waals surface area contributed by atoms with E-state index in [2.05, 4.69) is 10.1 Å². The molecule has 0 unspecified atom stereocenters. The monoisotopic (exact) mass is 258 g/mol. The van der Waals surface area contributed by atoms with Gasteiger partial charge in [-0.05, 0) is 0 Å². The Morgan fingerprint density at radius 1 is 1.39 bits per heavy atom. The molecule has 2 N–H and O–H groups in total. The van der Waals surface area contributed by atoms with E-state index in [1.807, 2.05) is 0 Å². The van der Waals surface area contributed by atoms with Crippen molar-refractivity contribution < 1.29 is 19.0 Å². The summed E-state index contributed by atoms with van der Waals surface area (Å²) in [6, 6.07) is 0. The van der Waals surface area contributed by atoms with Crippen LogP contribution in [0.4, 0.5) is 5.95 Å². The van der Waals surface area contributed by atoms with Crippen LogP contribution in [0.25, 0.3) is 0 Å². The summed E-state index contributed by atoms with van der Waals surface area (Å²) in [5.74, 6) is -0.244. The van der Waals surface area contributed by atoms with Crippen molar-refractivity contribution in [2.24, 2.45) is 0 Å². The van der Waals surface area contributed by atoms with Crippen molar-refractivity contribution in [2.45, 2.75) is 13.0 Å². The fourth-order valence-corrected chi connectivity index (χ4v) is 1.15. The standard InChI is InChI=1S/C10H18N4O4/c1-16-5-6-17-3-2-4-18-9(15)7-14-8-12-10(11)13-14/h8H,2-7H2,1H3,(H2,11,13). The van der Waals surface area contributed by atoms with Gasteiger partial charge in [0.25, 0.3) is 0 Å². The minimum absolute atomic E-state index is 0.00866. The Labute approximate surface area is 105 Å². The van der Waals surface area contributed by atoms with Gasteiger partial charge in [-0.25, -0.2) is 9.67 Å². The van der Waals surface area contributed by atoms with Crippen LogP contribution in [0.15, 0.2) is 6.33 Å². The number of nitrogens with two attached hydrogens (primary N) is 1. The highest BCUT2D eigenvalue weighted by Crippen LogP contribution is 1.92. The molecule has 0 saturated heterocycles. The average molecular weight is 258 g/mol. The van der Waals surface area contributed by atoms with Crippen molar-refractivity contribution in [3.63, 3.8) is 0 Å². The summed E-state index contributed by atoms with van der Waals surface area (Å²) in [5.41, 5.74) is 5.31. The number of carbonyl (C=O) groups is 1. The van der Waals surface area contributed by atoms with E-state index in [1.54, 1.807) is 7.11 Å². The Kier molecular flexibility index (Phi) is 6.74. The van der Waals surface area contributed by atoms with Crippen molar-refractivity contribution in [2.75, 3.05) is 39.3 Å². The molecule has 102 valence electrons. The summed E-state index contributed by atoms with van der Waals surface area (Å²) in [6.45, 7) is 1.97. The van der Waals surface area contributed by atoms with Crippen LogP contribution in [0.3, 0.4) is 0 Å². The summed E-state index contributed by atoms with van der Waals surface area (Å²) in [5, 5.41) is 3.77. The van der Waals surface area contributed by atoms with Crippen molar-refractivity contribution in [1.29, 1.82) is 0 Å². The van der Waals surface area contributed by atoms with Gasteiger partial charge in [-0.3, -0.25) is 4.79 Å². The topological polar surface area (TPSA) is 101 Å². The van der Waals surface area contributed by atoms with Gasteiger partial charge in [0.15, 0.2) is 0 Å². The lowest BCUT2D eigenvalue weighted by molar-refractivity contribution is -0.145. The third-order valence-corrected chi connectivity index (χ3v) is 1.97. The largest absolute Gasteiger partial charge is 0.464 e. The van der Waals surface area contributed by atoms with Gasteiger partial charge in [-0.1, -0.05) is 0 Å². The van der Waals surface area contributed by atoms with Crippen LogP contribution in [0.5, 0.6) is 0 Å². The van der Waals surface area contributed by atoms with E-state index in [9.17, 15) is 4.79 Å². The van der Waals surface area contributed by atoms with Gasteiger partial charge in [0.2, 0.25) is 5.95 Å². The van der Waals surface area contributed by atoms with Crippen molar-refractivity contribution in [3.8, 4) is 0 Å². The zero-order chi connectivity index (χ0) is 13.2. The maximum atomic E-state index is 11.3. The molecule has 0 amide bonds. The first kappa shape index (κ1) is 14.4. The third-order valence-electron chi connectivity index (χ3n) is 1.97. The predicted molar refractivity (Wildman–Crippen MR) is 62.7 cm³/mol. The molecule has 0 bridgehead atoms. The van der Waals surface area contributed by atoms with Crippen LogP contribution in [-0.4, -0.2) is 54.3 Å². The molecule has 0 aromatic carbocycles. The summed E-state index contributed by atoms with van der Waals surface area (Å²) < 4.78 is 16.3. The first-order valence-electron chi connectivity index (χ1n) is 5.59. The molecular formula is C10H18N4O4. The molecule has 18 heavy (non-hydrogen) atoms. The molecule has 8 nitrogen and oxygen atoms in total.